The van der Waals surface area contributed by atoms with Gasteiger partial charge in [-0.15, -0.1) is 0 Å². The zero-order chi connectivity index (χ0) is 15.3. The highest BCUT2D eigenvalue weighted by Gasteiger charge is 2.05. The van der Waals surface area contributed by atoms with Gasteiger partial charge < -0.3 is 10.5 Å². The summed E-state index contributed by atoms with van der Waals surface area (Å²) in [5.74, 6) is 0.909. The quantitative estimate of drug-likeness (QED) is 0.460. The highest BCUT2D eigenvalue weighted by molar-refractivity contribution is 5.41. The Labute approximate surface area is 130 Å². The molecular formula is C18H32N2O. The van der Waals surface area contributed by atoms with E-state index in [1.165, 1.54) is 51.6 Å². The van der Waals surface area contributed by atoms with Crippen LogP contribution in [0.2, 0.25) is 0 Å². The van der Waals surface area contributed by atoms with Gasteiger partial charge in [0.15, 0.2) is 0 Å². The molecule has 0 atom stereocenters. The van der Waals surface area contributed by atoms with E-state index in [2.05, 4.69) is 18.7 Å². The van der Waals surface area contributed by atoms with Gasteiger partial charge in [0, 0.05) is 12.2 Å². The van der Waals surface area contributed by atoms with Crippen molar-refractivity contribution in [3.8, 4) is 5.75 Å². The van der Waals surface area contributed by atoms with Crippen LogP contribution in [0.1, 0.15) is 52.4 Å². The Balaban J connectivity index is 2.27. The Kier molecular flexibility index (Phi) is 9.71. The lowest BCUT2D eigenvalue weighted by Crippen LogP contribution is -2.30. The normalized spacial score (nSPS) is 11.0. The summed E-state index contributed by atoms with van der Waals surface area (Å²) in [4.78, 5) is 2.54. The van der Waals surface area contributed by atoms with Crippen LogP contribution in [-0.4, -0.2) is 31.1 Å². The molecule has 0 aliphatic heterocycles. The maximum Gasteiger partial charge on any atom is 0.119 e. The predicted octanol–water partition coefficient (Wildman–Crippen LogP) is 4.33. The third-order valence-electron chi connectivity index (χ3n) is 3.71. The number of anilines is 1. The van der Waals surface area contributed by atoms with Gasteiger partial charge in [0.2, 0.25) is 0 Å². The van der Waals surface area contributed by atoms with Gasteiger partial charge in [-0.2, -0.15) is 0 Å². The highest BCUT2D eigenvalue weighted by atomic mass is 16.5. The second kappa shape index (κ2) is 11.4. The number of rotatable bonds is 12. The second-order valence-corrected chi connectivity index (χ2v) is 5.67. The van der Waals surface area contributed by atoms with E-state index in [0.717, 1.165) is 24.6 Å². The van der Waals surface area contributed by atoms with Gasteiger partial charge in [-0.05, 0) is 50.2 Å². The van der Waals surface area contributed by atoms with E-state index in [-0.39, 0.29) is 0 Å². The van der Waals surface area contributed by atoms with Crippen molar-refractivity contribution in [1.29, 1.82) is 0 Å². The Bertz CT molecular complexity index is 341. The van der Waals surface area contributed by atoms with Gasteiger partial charge in [0.25, 0.3) is 0 Å². The molecule has 0 aliphatic carbocycles. The van der Waals surface area contributed by atoms with Crippen LogP contribution in [0.4, 0.5) is 5.69 Å². The van der Waals surface area contributed by atoms with Crippen LogP contribution in [0.5, 0.6) is 5.75 Å². The number of unbranched alkanes of at least 4 members (excludes halogenated alkanes) is 4. The molecule has 0 spiro atoms. The lowest BCUT2D eigenvalue weighted by molar-refractivity contribution is 0.203. The SMILES string of the molecule is CCCCCN(CCCCC)CCOc1ccc(N)cc1. The van der Waals surface area contributed by atoms with Crippen LogP contribution in [0, 0.1) is 0 Å². The van der Waals surface area contributed by atoms with Gasteiger partial charge in [-0.3, -0.25) is 4.90 Å². The molecule has 0 bridgehead atoms. The molecule has 3 nitrogen and oxygen atoms in total. The van der Waals surface area contributed by atoms with Crippen molar-refractivity contribution in [2.24, 2.45) is 0 Å². The van der Waals surface area contributed by atoms with E-state index in [1.807, 2.05) is 24.3 Å². The van der Waals surface area contributed by atoms with Crippen molar-refractivity contribution in [3.63, 3.8) is 0 Å². The van der Waals surface area contributed by atoms with E-state index in [0.29, 0.717) is 0 Å². The van der Waals surface area contributed by atoms with Crippen molar-refractivity contribution in [1.82, 2.24) is 4.90 Å². The number of hydrogen-bond donors (Lipinski definition) is 1. The molecular weight excluding hydrogens is 260 g/mol. The summed E-state index contributed by atoms with van der Waals surface area (Å²) in [5, 5.41) is 0. The standard InChI is InChI=1S/C18H32N2O/c1-3-5-7-13-20(14-8-6-4-2)15-16-21-18-11-9-17(19)10-12-18/h9-12H,3-8,13-16,19H2,1-2H3. The molecule has 0 amide bonds. The van der Waals surface area contributed by atoms with E-state index < -0.39 is 0 Å². The minimum absolute atomic E-state index is 0.752. The molecule has 0 aromatic heterocycles. The summed E-state index contributed by atoms with van der Waals surface area (Å²) in [5.41, 5.74) is 6.46. The molecule has 120 valence electrons. The number of benzene rings is 1. The maximum absolute atomic E-state index is 5.81. The summed E-state index contributed by atoms with van der Waals surface area (Å²) in [6.45, 7) is 8.67. The van der Waals surface area contributed by atoms with Crippen LogP contribution in [0.3, 0.4) is 0 Å². The molecule has 21 heavy (non-hydrogen) atoms. The smallest absolute Gasteiger partial charge is 0.119 e. The van der Waals surface area contributed by atoms with Crippen molar-refractivity contribution in [3.05, 3.63) is 24.3 Å². The lowest BCUT2D eigenvalue weighted by atomic mass is 10.2. The monoisotopic (exact) mass is 292 g/mol. The van der Waals surface area contributed by atoms with Crippen molar-refractivity contribution in [2.45, 2.75) is 52.4 Å². The van der Waals surface area contributed by atoms with Gasteiger partial charge in [-0.25, -0.2) is 0 Å². The summed E-state index contributed by atoms with van der Waals surface area (Å²) < 4.78 is 5.81. The van der Waals surface area contributed by atoms with E-state index >= 15 is 0 Å². The number of nitrogens with zero attached hydrogens (tertiary/aromatic N) is 1. The molecule has 0 heterocycles. The topological polar surface area (TPSA) is 38.5 Å². The van der Waals surface area contributed by atoms with Crippen LogP contribution >= 0.6 is 0 Å². The first-order valence-electron chi connectivity index (χ1n) is 8.47. The fourth-order valence-corrected chi connectivity index (χ4v) is 2.36. The van der Waals surface area contributed by atoms with Crippen LogP contribution < -0.4 is 10.5 Å². The molecule has 0 aliphatic rings. The fourth-order valence-electron chi connectivity index (χ4n) is 2.36. The zero-order valence-electron chi connectivity index (χ0n) is 13.8. The molecule has 0 radical (unpaired) electrons. The van der Waals surface area contributed by atoms with Gasteiger partial charge >= 0.3 is 0 Å². The number of nitrogen functional groups attached to an aromatic ring is 1. The van der Waals surface area contributed by atoms with Crippen molar-refractivity contribution in [2.75, 3.05) is 32.0 Å². The number of nitrogens with two attached hydrogens (primary N) is 1. The minimum Gasteiger partial charge on any atom is -0.492 e. The number of hydrogen-bond acceptors (Lipinski definition) is 3. The fraction of sp³-hybridized carbons (Fsp3) is 0.667. The summed E-state index contributed by atoms with van der Waals surface area (Å²) in [6, 6.07) is 7.65. The minimum atomic E-state index is 0.752. The third kappa shape index (κ3) is 8.61. The maximum atomic E-state index is 5.81. The van der Waals surface area contributed by atoms with Gasteiger partial charge in [-0.1, -0.05) is 39.5 Å². The molecule has 0 saturated carbocycles. The molecule has 0 saturated heterocycles. The lowest BCUT2D eigenvalue weighted by Gasteiger charge is -2.22. The molecule has 3 heteroatoms. The van der Waals surface area contributed by atoms with Crippen molar-refractivity contribution < 1.29 is 4.74 Å². The van der Waals surface area contributed by atoms with Crippen LogP contribution in [-0.2, 0) is 0 Å². The zero-order valence-corrected chi connectivity index (χ0v) is 13.8. The molecule has 1 rings (SSSR count). The molecule has 1 aromatic rings. The average Bonchev–Trinajstić information content (AvgIpc) is 2.49. The molecule has 0 fully saturated rings. The first-order valence-corrected chi connectivity index (χ1v) is 8.47. The average molecular weight is 292 g/mol. The molecule has 2 N–H and O–H groups in total. The highest BCUT2D eigenvalue weighted by Crippen LogP contribution is 2.13. The molecule has 1 aromatic carbocycles. The van der Waals surface area contributed by atoms with Crippen LogP contribution in [0.15, 0.2) is 24.3 Å². The second-order valence-electron chi connectivity index (χ2n) is 5.67. The van der Waals surface area contributed by atoms with Gasteiger partial charge in [0.1, 0.15) is 12.4 Å². The Morgan fingerprint density at radius 2 is 1.43 bits per heavy atom. The van der Waals surface area contributed by atoms with E-state index in [4.69, 9.17) is 10.5 Å². The van der Waals surface area contributed by atoms with Crippen molar-refractivity contribution >= 4 is 5.69 Å². The largest absolute Gasteiger partial charge is 0.492 e. The molecule has 0 unspecified atom stereocenters. The number of ether oxygens (including phenoxy) is 1. The van der Waals surface area contributed by atoms with Crippen LogP contribution in [0.25, 0.3) is 0 Å². The van der Waals surface area contributed by atoms with Gasteiger partial charge in [0.05, 0.1) is 0 Å². The first kappa shape index (κ1) is 17.8. The predicted molar refractivity (Wildman–Crippen MR) is 91.8 cm³/mol. The summed E-state index contributed by atoms with van der Waals surface area (Å²) >= 11 is 0. The Morgan fingerprint density at radius 1 is 0.857 bits per heavy atom. The summed E-state index contributed by atoms with van der Waals surface area (Å²) in [7, 11) is 0. The third-order valence-corrected chi connectivity index (χ3v) is 3.71. The summed E-state index contributed by atoms with van der Waals surface area (Å²) in [6.07, 6.45) is 7.80. The Hall–Kier alpha value is -1.22. The van der Waals surface area contributed by atoms with E-state index in [1.54, 1.807) is 0 Å². The van der Waals surface area contributed by atoms with E-state index in [9.17, 15) is 0 Å². The Morgan fingerprint density at radius 3 is 1.95 bits per heavy atom. The first-order chi connectivity index (χ1) is 10.3.